The summed E-state index contributed by atoms with van der Waals surface area (Å²) < 4.78 is 5.82. The molecule has 0 radical (unpaired) electrons. The Morgan fingerprint density at radius 3 is 2.70 bits per heavy atom. The average Bonchev–Trinajstić information content (AvgIpc) is 2.48. The van der Waals surface area contributed by atoms with Gasteiger partial charge in [0, 0.05) is 19.9 Å². The van der Waals surface area contributed by atoms with Gasteiger partial charge in [-0.15, -0.1) is 0 Å². The standard InChI is InChI=1S/C16H27N3O/c1-13(2)11-17-12-14-7-10-18-15(19-14)16(20-3)8-5-4-6-9-16/h7,10,13,17H,4-6,8-9,11-12H2,1-3H3. The van der Waals surface area contributed by atoms with Crippen LogP contribution in [0.15, 0.2) is 12.3 Å². The maximum absolute atomic E-state index is 5.82. The molecule has 0 bridgehead atoms. The largest absolute Gasteiger partial charge is 0.370 e. The maximum atomic E-state index is 5.82. The topological polar surface area (TPSA) is 47.0 Å². The number of ether oxygens (including phenoxy) is 1. The van der Waals surface area contributed by atoms with E-state index < -0.39 is 0 Å². The molecule has 2 rings (SSSR count). The highest BCUT2D eigenvalue weighted by Crippen LogP contribution is 2.38. The van der Waals surface area contributed by atoms with Crippen LogP contribution in [0.3, 0.4) is 0 Å². The fourth-order valence-corrected chi connectivity index (χ4v) is 2.84. The molecule has 1 aliphatic carbocycles. The van der Waals surface area contributed by atoms with E-state index in [-0.39, 0.29) is 5.60 Å². The first-order chi connectivity index (χ1) is 9.66. The second kappa shape index (κ2) is 7.14. The highest BCUT2D eigenvalue weighted by atomic mass is 16.5. The van der Waals surface area contributed by atoms with Gasteiger partial charge in [0.2, 0.25) is 0 Å². The van der Waals surface area contributed by atoms with Gasteiger partial charge in [-0.05, 0) is 31.4 Å². The summed E-state index contributed by atoms with van der Waals surface area (Å²) in [5, 5.41) is 3.43. The molecule has 4 nitrogen and oxygen atoms in total. The third-order valence-electron chi connectivity index (χ3n) is 4.03. The van der Waals surface area contributed by atoms with E-state index in [9.17, 15) is 0 Å². The Morgan fingerprint density at radius 1 is 1.30 bits per heavy atom. The molecule has 1 aromatic heterocycles. The van der Waals surface area contributed by atoms with E-state index in [1.807, 2.05) is 12.3 Å². The van der Waals surface area contributed by atoms with Crippen molar-refractivity contribution in [2.24, 2.45) is 5.92 Å². The number of hydrogen-bond acceptors (Lipinski definition) is 4. The summed E-state index contributed by atoms with van der Waals surface area (Å²) in [5.41, 5.74) is 0.796. The molecule has 0 unspecified atom stereocenters. The summed E-state index contributed by atoms with van der Waals surface area (Å²) in [6.45, 7) is 6.23. The van der Waals surface area contributed by atoms with E-state index in [0.717, 1.165) is 37.4 Å². The lowest BCUT2D eigenvalue weighted by atomic mass is 9.84. The Kier molecular flexibility index (Phi) is 5.49. The molecule has 0 aromatic carbocycles. The molecular formula is C16H27N3O. The van der Waals surface area contributed by atoms with Crippen LogP contribution >= 0.6 is 0 Å². The van der Waals surface area contributed by atoms with Crippen LogP contribution in [0.25, 0.3) is 0 Å². The molecular weight excluding hydrogens is 250 g/mol. The molecule has 0 spiro atoms. The van der Waals surface area contributed by atoms with E-state index in [1.54, 1.807) is 7.11 Å². The summed E-state index contributed by atoms with van der Waals surface area (Å²) in [6.07, 6.45) is 7.63. The molecule has 1 N–H and O–H groups in total. The van der Waals surface area contributed by atoms with Crippen molar-refractivity contribution in [3.8, 4) is 0 Å². The molecule has 112 valence electrons. The zero-order valence-electron chi connectivity index (χ0n) is 13.0. The van der Waals surface area contributed by atoms with Crippen LogP contribution in [-0.2, 0) is 16.9 Å². The van der Waals surface area contributed by atoms with E-state index in [0.29, 0.717) is 5.92 Å². The maximum Gasteiger partial charge on any atom is 0.160 e. The van der Waals surface area contributed by atoms with Gasteiger partial charge in [0.15, 0.2) is 5.82 Å². The van der Waals surface area contributed by atoms with E-state index >= 15 is 0 Å². The Bertz CT molecular complexity index is 414. The Labute approximate surface area is 122 Å². The Balaban J connectivity index is 2.07. The summed E-state index contributed by atoms with van der Waals surface area (Å²) >= 11 is 0. The monoisotopic (exact) mass is 277 g/mol. The highest BCUT2D eigenvalue weighted by molar-refractivity contribution is 5.09. The lowest BCUT2D eigenvalue weighted by Crippen LogP contribution is -2.33. The molecule has 1 fully saturated rings. The molecule has 0 atom stereocenters. The number of hydrogen-bond donors (Lipinski definition) is 1. The zero-order valence-corrected chi connectivity index (χ0v) is 13.0. The summed E-state index contributed by atoms with van der Waals surface area (Å²) in [7, 11) is 1.79. The van der Waals surface area contributed by atoms with Crippen molar-refractivity contribution in [2.75, 3.05) is 13.7 Å². The van der Waals surface area contributed by atoms with Gasteiger partial charge < -0.3 is 10.1 Å². The van der Waals surface area contributed by atoms with Crippen LogP contribution in [0.1, 0.15) is 57.5 Å². The first kappa shape index (κ1) is 15.4. The smallest absolute Gasteiger partial charge is 0.160 e. The third kappa shape index (κ3) is 3.76. The number of nitrogens with zero attached hydrogens (tertiary/aromatic N) is 2. The minimum atomic E-state index is -0.258. The molecule has 0 saturated heterocycles. The van der Waals surface area contributed by atoms with Crippen molar-refractivity contribution in [1.82, 2.24) is 15.3 Å². The summed E-state index contributed by atoms with van der Waals surface area (Å²) in [5.74, 6) is 1.52. The van der Waals surface area contributed by atoms with Gasteiger partial charge >= 0.3 is 0 Å². The van der Waals surface area contributed by atoms with Crippen molar-refractivity contribution in [2.45, 2.75) is 58.1 Å². The number of aromatic nitrogens is 2. The fourth-order valence-electron chi connectivity index (χ4n) is 2.84. The number of rotatable bonds is 6. The highest BCUT2D eigenvalue weighted by Gasteiger charge is 2.36. The van der Waals surface area contributed by atoms with Crippen LogP contribution in [0.2, 0.25) is 0 Å². The molecule has 20 heavy (non-hydrogen) atoms. The normalized spacial score (nSPS) is 18.4. The molecule has 0 aliphatic heterocycles. The third-order valence-corrected chi connectivity index (χ3v) is 4.03. The Hall–Kier alpha value is -1.00. The molecule has 0 amide bonds. The van der Waals surface area contributed by atoms with E-state index in [1.165, 1.54) is 19.3 Å². The summed E-state index contributed by atoms with van der Waals surface area (Å²) in [6, 6.07) is 1.99. The van der Waals surface area contributed by atoms with E-state index in [4.69, 9.17) is 9.72 Å². The van der Waals surface area contributed by atoms with E-state index in [2.05, 4.69) is 24.1 Å². The molecule has 1 heterocycles. The van der Waals surface area contributed by atoms with Gasteiger partial charge in [-0.25, -0.2) is 9.97 Å². The predicted molar refractivity (Wildman–Crippen MR) is 80.3 cm³/mol. The second-order valence-corrected chi connectivity index (χ2v) is 6.16. The quantitative estimate of drug-likeness (QED) is 0.868. The molecule has 4 heteroatoms. The first-order valence-electron chi connectivity index (χ1n) is 7.74. The van der Waals surface area contributed by atoms with Crippen LogP contribution in [-0.4, -0.2) is 23.6 Å². The molecule has 1 aliphatic rings. The SMILES string of the molecule is COC1(c2nccc(CNCC(C)C)n2)CCCCC1. The van der Waals surface area contributed by atoms with Gasteiger partial charge in [0.05, 0.1) is 5.69 Å². The van der Waals surface area contributed by atoms with Gasteiger partial charge in [-0.1, -0.05) is 33.1 Å². The number of nitrogens with one attached hydrogen (secondary N) is 1. The van der Waals surface area contributed by atoms with Gasteiger partial charge in [-0.2, -0.15) is 0 Å². The van der Waals surface area contributed by atoms with Gasteiger partial charge in [-0.3, -0.25) is 0 Å². The summed E-state index contributed by atoms with van der Waals surface area (Å²) in [4.78, 5) is 9.22. The van der Waals surface area contributed by atoms with Crippen molar-refractivity contribution < 1.29 is 4.74 Å². The van der Waals surface area contributed by atoms with Gasteiger partial charge in [0.25, 0.3) is 0 Å². The van der Waals surface area contributed by atoms with Gasteiger partial charge in [0.1, 0.15) is 5.60 Å². The lowest BCUT2D eigenvalue weighted by molar-refractivity contribution is -0.0516. The molecule has 1 aromatic rings. The van der Waals surface area contributed by atoms with Crippen LogP contribution in [0.5, 0.6) is 0 Å². The first-order valence-corrected chi connectivity index (χ1v) is 7.74. The van der Waals surface area contributed by atoms with Crippen molar-refractivity contribution in [3.63, 3.8) is 0 Å². The fraction of sp³-hybridized carbons (Fsp3) is 0.750. The second-order valence-electron chi connectivity index (χ2n) is 6.16. The molecule has 1 saturated carbocycles. The number of methoxy groups -OCH3 is 1. The minimum Gasteiger partial charge on any atom is -0.370 e. The van der Waals surface area contributed by atoms with Crippen LogP contribution < -0.4 is 5.32 Å². The van der Waals surface area contributed by atoms with Crippen LogP contribution in [0.4, 0.5) is 0 Å². The average molecular weight is 277 g/mol. The lowest BCUT2D eigenvalue weighted by Gasteiger charge is -2.34. The predicted octanol–water partition coefficient (Wildman–Crippen LogP) is 3.03. The zero-order chi connectivity index (χ0) is 14.4. The van der Waals surface area contributed by atoms with Crippen LogP contribution in [0, 0.1) is 5.92 Å². The van der Waals surface area contributed by atoms with Crippen molar-refractivity contribution in [3.05, 3.63) is 23.8 Å². The van der Waals surface area contributed by atoms with Crippen molar-refractivity contribution >= 4 is 0 Å². The Morgan fingerprint density at radius 2 is 2.05 bits per heavy atom. The van der Waals surface area contributed by atoms with Crippen molar-refractivity contribution in [1.29, 1.82) is 0 Å². The minimum absolute atomic E-state index is 0.258.